The number of anilines is 3. The van der Waals surface area contributed by atoms with E-state index in [1.54, 1.807) is 21.3 Å². The summed E-state index contributed by atoms with van der Waals surface area (Å²) in [6, 6.07) is 7.60. The van der Waals surface area contributed by atoms with Gasteiger partial charge in [0.05, 0.1) is 26.8 Å². The van der Waals surface area contributed by atoms with Gasteiger partial charge in [0.15, 0.2) is 23.9 Å². The van der Waals surface area contributed by atoms with Crippen molar-refractivity contribution in [3.63, 3.8) is 0 Å². The molecule has 15 nitrogen and oxygen atoms in total. The standard InChI is InChI=1S/C19H23N5O3.C6H10O7/c1-10-11(5-6-13-16(10)18(20)24-19(21)23-13)9-22-12-7-14(25-2)17(27-4)15(8-12)26-3;7-1-2(8)4(5(10)11)13-6(12)3(1)9/h5-8,22H,9H2,1-4H3,(H4,20,21,23,24);1-4,6-9,12H,(H,10,11)/t;1-,2-,3+,4-,6+/m.0/s1. The van der Waals surface area contributed by atoms with Gasteiger partial charge in [-0.05, 0) is 24.1 Å². The van der Waals surface area contributed by atoms with Gasteiger partial charge in [0.1, 0.15) is 24.1 Å². The molecule has 5 atom stereocenters. The van der Waals surface area contributed by atoms with Gasteiger partial charge < -0.3 is 61.3 Å². The second-order valence-corrected chi connectivity index (χ2v) is 8.74. The van der Waals surface area contributed by atoms with E-state index in [1.807, 2.05) is 31.2 Å². The highest BCUT2D eigenvalue weighted by Gasteiger charge is 2.46. The van der Waals surface area contributed by atoms with Crippen LogP contribution < -0.4 is 31.0 Å². The molecule has 4 rings (SSSR count). The Labute approximate surface area is 228 Å². The van der Waals surface area contributed by atoms with Crippen LogP contribution in [0.25, 0.3) is 10.9 Å². The minimum Gasteiger partial charge on any atom is -0.493 e. The molecule has 40 heavy (non-hydrogen) atoms. The number of aliphatic carboxylic acids is 1. The molecule has 2 heterocycles. The quantitative estimate of drug-likeness (QED) is 0.182. The third-order valence-electron chi connectivity index (χ3n) is 6.26. The number of hydrogen-bond donors (Lipinski definition) is 8. The molecule has 10 N–H and O–H groups in total. The van der Waals surface area contributed by atoms with E-state index in [1.165, 1.54) is 0 Å². The van der Waals surface area contributed by atoms with E-state index >= 15 is 0 Å². The van der Waals surface area contributed by atoms with Crippen LogP contribution in [-0.2, 0) is 16.1 Å². The number of nitrogens with one attached hydrogen (secondary N) is 1. The molecule has 0 radical (unpaired) electrons. The summed E-state index contributed by atoms with van der Waals surface area (Å²) in [5.41, 5.74) is 15.4. The summed E-state index contributed by atoms with van der Waals surface area (Å²) in [5, 5.41) is 48.5. The summed E-state index contributed by atoms with van der Waals surface area (Å²) in [7, 11) is 4.75. The fourth-order valence-electron chi connectivity index (χ4n) is 4.12. The van der Waals surface area contributed by atoms with Crippen molar-refractivity contribution in [2.24, 2.45) is 0 Å². The molecule has 1 aliphatic heterocycles. The average molecular weight is 564 g/mol. The summed E-state index contributed by atoms with van der Waals surface area (Å²) in [6.45, 7) is 2.56. The Kier molecular flexibility index (Phi) is 9.73. The molecule has 0 bridgehead atoms. The number of carbonyl (C=O) groups is 1. The topological polar surface area (TPSA) is 245 Å². The largest absolute Gasteiger partial charge is 0.493 e. The SMILES string of the molecule is COc1cc(NCc2ccc3nc(N)nc(N)c3c2C)cc(OC)c1OC.O=C(O)[C@H]1O[C@@H](O)[C@H](O)[C@@H](O)[C@@H]1O. The van der Waals surface area contributed by atoms with Gasteiger partial charge in [-0.25, -0.2) is 9.78 Å². The van der Waals surface area contributed by atoms with Crippen LogP contribution in [0.3, 0.4) is 0 Å². The van der Waals surface area contributed by atoms with Gasteiger partial charge >= 0.3 is 5.97 Å². The van der Waals surface area contributed by atoms with Gasteiger partial charge in [0.2, 0.25) is 11.7 Å². The summed E-state index contributed by atoms with van der Waals surface area (Å²) < 4.78 is 20.5. The second-order valence-electron chi connectivity index (χ2n) is 8.74. The van der Waals surface area contributed by atoms with Crippen molar-refractivity contribution < 1.29 is 49.3 Å². The van der Waals surface area contributed by atoms with Crippen LogP contribution in [0.2, 0.25) is 0 Å². The van der Waals surface area contributed by atoms with Crippen LogP contribution in [0.15, 0.2) is 24.3 Å². The molecule has 0 aliphatic carbocycles. The molecular weight excluding hydrogens is 530 g/mol. The van der Waals surface area contributed by atoms with E-state index in [-0.39, 0.29) is 5.95 Å². The van der Waals surface area contributed by atoms with Crippen molar-refractivity contribution >= 4 is 34.3 Å². The van der Waals surface area contributed by atoms with Gasteiger partial charge in [-0.3, -0.25) is 0 Å². The first kappa shape index (κ1) is 30.4. The number of nitrogen functional groups attached to an aromatic ring is 2. The number of hydrogen-bond acceptors (Lipinski definition) is 14. The molecule has 1 saturated heterocycles. The number of aromatic nitrogens is 2. The number of nitrogens with two attached hydrogens (primary N) is 2. The number of fused-ring (bicyclic) bond motifs is 1. The number of carboxylic acid groups (broad SMARTS) is 1. The molecule has 0 amide bonds. The Morgan fingerprint density at radius 2 is 1.60 bits per heavy atom. The van der Waals surface area contributed by atoms with Gasteiger partial charge in [0.25, 0.3) is 0 Å². The molecule has 1 aromatic heterocycles. The molecule has 218 valence electrons. The van der Waals surface area contributed by atoms with E-state index in [4.69, 9.17) is 51.2 Å². The predicted octanol–water partition coefficient (Wildman–Crippen LogP) is -0.389. The highest BCUT2D eigenvalue weighted by Crippen LogP contribution is 2.40. The number of rotatable bonds is 7. The Hall–Kier alpha value is -4.15. The Balaban J connectivity index is 0.000000285. The van der Waals surface area contributed by atoms with E-state index in [2.05, 4.69) is 20.0 Å². The van der Waals surface area contributed by atoms with Crippen LogP contribution >= 0.6 is 0 Å². The zero-order valence-electron chi connectivity index (χ0n) is 22.2. The maximum absolute atomic E-state index is 10.4. The first-order valence-electron chi connectivity index (χ1n) is 11.9. The lowest BCUT2D eigenvalue weighted by atomic mass is 9.99. The zero-order chi connectivity index (χ0) is 29.7. The van der Waals surface area contributed by atoms with Crippen LogP contribution in [-0.4, -0.2) is 93.5 Å². The summed E-state index contributed by atoms with van der Waals surface area (Å²) in [4.78, 5) is 18.7. The minimum absolute atomic E-state index is 0.169. The maximum Gasteiger partial charge on any atom is 0.335 e. The van der Waals surface area contributed by atoms with Crippen molar-refractivity contribution in [2.75, 3.05) is 38.1 Å². The molecule has 0 spiro atoms. The van der Waals surface area contributed by atoms with Gasteiger partial charge in [0, 0.05) is 29.8 Å². The first-order valence-corrected chi connectivity index (χ1v) is 11.9. The van der Waals surface area contributed by atoms with E-state index in [0.717, 1.165) is 27.7 Å². The van der Waals surface area contributed by atoms with Gasteiger partial charge in [-0.1, -0.05) is 6.07 Å². The third kappa shape index (κ3) is 6.35. The zero-order valence-corrected chi connectivity index (χ0v) is 22.2. The highest BCUT2D eigenvalue weighted by molar-refractivity contribution is 5.92. The van der Waals surface area contributed by atoms with E-state index in [0.29, 0.717) is 29.6 Å². The lowest BCUT2D eigenvalue weighted by Crippen LogP contribution is -2.59. The van der Waals surface area contributed by atoms with Crippen LogP contribution in [0.1, 0.15) is 11.1 Å². The Morgan fingerprint density at radius 3 is 2.15 bits per heavy atom. The highest BCUT2D eigenvalue weighted by atomic mass is 16.6. The number of aliphatic hydroxyl groups excluding tert-OH is 4. The molecule has 3 aromatic rings. The van der Waals surface area contributed by atoms with E-state index < -0.39 is 36.7 Å². The molecule has 2 aromatic carbocycles. The molecule has 15 heteroatoms. The van der Waals surface area contributed by atoms with Crippen molar-refractivity contribution in [1.82, 2.24) is 9.97 Å². The molecule has 1 fully saturated rings. The third-order valence-corrected chi connectivity index (χ3v) is 6.26. The predicted molar refractivity (Wildman–Crippen MR) is 143 cm³/mol. The smallest absolute Gasteiger partial charge is 0.335 e. The molecular formula is C25H33N5O10. The van der Waals surface area contributed by atoms with Crippen LogP contribution in [0.4, 0.5) is 17.5 Å². The number of nitrogens with zero attached hydrogens (tertiary/aromatic N) is 2. The van der Waals surface area contributed by atoms with Gasteiger partial charge in [-0.2, -0.15) is 4.98 Å². The lowest BCUT2D eigenvalue weighted by molar-refractivity contribution is -0.279. The number of carboxylic acids is 1. The number of benzene rings is 2. The number of aryl methyl sites for hydroxylation is 1. The maximum atomic E-state index is 10.4. The molecule has 1 aliphatic rings. The first-order chi connectivity index (χ1) is 18.9. The summed E-state index contributed by atoms with van der Waals surface area (Å²) in [5.74, 6) is 0.755. The Morgan fingerprint density at radius 1 is 0.975 bits per heavy atom. The number of methoxy groups -OCH3 is 3. The van der Waals surface area contributed by atoms with Crippen molar-refractivity contribution in [1.29, 1.82) is 0 Å². The molecule has 0 saturated carbocycles. The molecule has 0 unspecified atom stereocenters. The van der Waals surface area contributed by atoms with Crippen LogP contribution in [0, 0.1) is 6.92 Å². The lowest BCUT2D eigenvalue weighted by Gasteiger charge is -2.36. The Bertz CT molecular complexity index is 1330. The summed E-state index contributed by atoms with van der Waals surface area (Å²) >= 11 is 0. The minimum atomic E-state index is -1.81. The second kappa shape index (κ2) is 12.8. The normalized spacial score (nSPS) is 22.1. The average Bonchev–Trinajstić information content (AvgIpc) is 2.92. The van der Waals surface area contributed by atoms with E-state index in [9.17, 15) is 4.79 Å². The fraction of sp³-hybridized carbons (Fsp3) is 0.400. The number of aliphatic hydroxyl groups is 4. The van der Waals surface area contributed by atoms with Crippen molar-refractivity contribution in [3.05, 3.63) is 35.4 Å². The van der Waals surface area contributed by atoms with Crippen LogP contribution in [0.5, 0.6) is 17.2 Å². The van der Waals surface area contributed by atoms with Crippen molar-refractivity contribution in [3.8, 4) is 17.2 Å². The monoisotopic (exact) mass is 563 g/mol. The summed E-state index contributed by atoms with van der Waals surface area (Å²) in [6.07, 6.45) is -8.72. The fourth-order valence-corrected chi connectivity index (χ4v) is 4.12. The van der Waals surface area contributed by atoms with Gasteiger partial charge in [-0.15, -0.1) is 0 Å². The number of ether oxygens (including phenoxy) is 4. The van der Waals surface area contributed by atoms with Crippen molar-refractivity contribution in [2.45, 2.75) is 44.2 Å².